The number of aromatic nitrogens is 1. The van der Waals surface area contributed by atoms with Gasteiger partial charge < -0.3 is 5.73 Å². The number of pyridine rings is 1. The zero-order chi connectivity index (χ0) is 9.26. The van der Waals surface area contributed by atoms with Crippen LogP contribution in [0.3, 0.4) is 0 Å². The monoisotopic (exact) mass is 240 g/mol. The van der Waals surface area contributed by atoms with Crippen molar-refractivity contribution < 1.29 is 0 Å². The average molecular weight is 241 g/mol. The predicted octanol–water partition coefficient (Wildman–Crippen LogP) is 2.64. The molecule has 0 bridgehead atoms. The van der Waals surface area contributed by atoms with Gasteiger partial charge in [-0.25, -0.2) is 0 Å². The van der Waals surface area contributed by atoms with E-state index in [1.807, 2.05) is 6.20 Å². The van der Waals surface area contributed by atoms with Gasteiger partial charge >= 0.3 is 0 Å². The summed E-state index contributed by atoms with van der Waals surface area (Å²) in [5.74, 6) is 0.869. The fourth-order valence-corrected chi connectivity index (χ4v) is 1.86. The van der Waals surface area contributed by atoms with Gasteiger partial charge in [0, 0.05) is 22.9 Å². The summed E-state index contributed by atoms with van der Waals surface area (Å²) in [4.78, 5) is 4.11. The molecule has 2 rings (SSSR count). The molecule has 0 aliphatic heterocycles. The second-order valence-corrected chi connectivity index (χ2v) is 4.64. The lowest BCUT2D eigenvalue weighted by atomic mass is 10.0. The second kappa shape index (κ2) is 3.76. The van der Waals surface area contributed by atoms with Crippen molar-refractivity contribution in [3.05, 3.63) is 28.5 Å². The van der Waals surface area contributed by atoms with Gasteiger partial charge in [0.2, 0.25) is 0 Å². The van der Waals surface area contributed by atoms with Gasteiger partial charge in [0.1, 0.15) is 0 Å². The number of halogens is 1. The minimum atomic E-state index is 0.164. The van der Waals surface area contributed by atoms with Crippen molar-refractivity contribution >= 4 is 15.9 Å². The average Bonchev–Trinajstić information content (AvgIpc) is 2.88. The number of hydrogen-bond acceptors (Lipinski definition) is 2. The van der Waals surface area contributed by atoms with Crippen LogP contribution in [-0.2, 0) is 0 Å². The molecule has 70 valence electrons. The van der Waals surface area contributed by atoms with E-state index in [9.17, 15) is 0 Å². The fraction of sp³-hybridized carbons (Fsp3) is 0.500. The highest BCUT2D eigenvalue weighted by Crippen LogP contribution is 2.36. The Morgan fingerprint density at radius 3 is 2.92 bits per heavy atom. The summed E-state index contributed by atoms with van der Waals surface area (Å²) in [6.45, 7) is 0. The third-order valence-corrected chi connectivity index (χ3v) is 2.87. The maximum absolute atomic E-state index is 6.04. The number of nitrogens with two attached hydrogens (primary N) is 1. The Morgan fingerprint density at radius 2 is 2.31 bits per heavy atom. The van der Waals surface area contributed by atoms with Crippen molar-refractivity contribution in [2.24, 2.45) is 11.7 Å². The van der Waals surface area contributed by atoms with E-state index in [1.165, 1.54) is 12.8 Å². The first kappa shape index (κ1) is 9.16. The maximum Gasteiger partial charge on any atom is 0.0410 e. The highest BCUT2D eigenvalue weighted by atomic mass is 79.9. The van der Waals surface area contributed by atoms with Crippen LogP contribution in [0.15, 0.2) is 22.9 Å². The van der Waals surface area contributed by atoms with Gasteiger partial charge in [-0.1, -0.05) is 12.8 Å². The van der Waals surface area contributed by atoms with E-state index in [-0.39, 0.29) is 6.04 Å². The lowest BCUT2D eigenvalue weighted by Gasteiger charge is -2.10. The molecule has 2 N–H and O–H groups in total. The van der Waals surface area contributed by atoms with Gasteiger partial charge in [-0.05, 0) is 39.9 Å². The Balaban J connectivity index is 2.04. The normalized spacial score (nSPS) is 18.6. The van der Waals surface area contributed by atoms with Gasteiger partial charge in [0.25, 0.3) is 0 Å². The van der Waals surface area contributed by atoms with E-state index >= 15 is 0 Å². The molecule has 0 saturated heterocycles. The summed E-state index contributed by atoms with van der Waals surface area (Å²) in [6.07, 6.45) is 7.47. The van der Waals surface area contributed by atoms with Crippen molar-refractivity contribution in [2.45, 2.75) is 25.3 Å². The Bertz CT molecular complexity index is 297. The lowest BCUT2D eigenvalue weighted by molar-refractivity contribution is 0.595. The van der Waals surface area contributed by atoms with Crippen LogP contribution in [0, 0.1) is 5.92 Å². The summed E-state index contributed by atoms with van der Waals surface area (Å²) in [6, 6.07) is 2.22. The molecule has 0 unspecified atom stereocenters. The summed E-state index contributed by atoms with van der Waals surface area (Å²) >= 11 is 3.39. The quantitative estimate of drug-likeness (QED) is 0.883. The van der Waals surface area contributed by atoms with Crippen LogP contribution < -0.4 is 5.73 Å². The Morgan fingerprint density at radius 1 is 1.54 bits per heavy atom. The lowest BCUT2D eigenvalue weighted by Crippen LogP contribution is -2.11. The zero-order valence-electron chi connectivity index (χ0n) is 7.41. The Hall–Kier alpha value is -0.410. The van der Waals surface area contributed by atoms with E-state index in [2.05, 4.69) is 27.0 Å². The number of rotatable bonds is 3. The van der Waals surface area contributed by atoms with Gasteiger partial charge in [-0.3, -0.25) is 4.98 Å². The van der Waals surface area contributed by atoms with Crippen LogP contribution in [-0.4, -0.2) is 4.98 Å². The first-order chi connectivity index (χ1) is 6.25. The van der Waals surface area contributed by atoms with Crippen LogP contribution in [0.2, 0.25) is 0 Å². The minimum absolute atomic E-state index is 0.164. The molecule has 1 fully saturated rings. The topological polar surface area (TPSA) is 38.9 Å². The van der Waals surface area contributed by atoms with E-state index in [1.54, 1.807) is 6.20 Å². The third kappa shape index (κ3) is 2.51. The summed E-state index contributed by atoms with van der Waals surface area (Å²) in [5.41, 5.74) is 7.18. The molecule has 0 amide bonds. The fourth-order valence-electron chi connectivity index (χ4n) is 1.48. The van der Waals surface area contributed by atoms with Crippen LogP contribution in [0.1, 0.15) is 30.9 Å². The molecule has 1 aliphatic rings. The Labute approximate surface area is 86.7 Å². The minimum Gasteiger partial charge on any atom is -0.324 e. The summed E-state index contributed by atoms with van der Waals surface area (Å²) in [7, 11) is 0. The predicted molar refractivity (Wildman–Crippen MR) is 56.2 cm³/mol. The molecule has 1 saturated carbocycles. The molecule has 1 aromatic rings. The molecule has 3 heteroatoms. The van der Waals surface area contributed by atoms with Crippen LogP contribution in [0.25, 0.3) is 0 Å². The first-order valence-corrected chi connectivity index (χ1v) is 5.41. The Kier molecular flexibility index (Phi) is 2.65. The molecule has 2 nitrogen and oxygen atoms in total. The molecule has 13 heavy (non-hydrogen) atoms. The van der Waals surface area contributed by atoms with Crippen molar-refractivity contribution in [1.82, 2.24) is 4.98 Å². The zero-order valence-corrected chi connectivity index (χ0v) is 9.00. The van der Waals surface area contributed by atoms with Crippen molar-refractivity contribution in [1.29, 1.82) is 0 Å². The van der Waals surface area contributed by atoms with Gasteiger partial charge in [0.15, 0.2) is 0 Å². The molecular weight excluding hydrogens is 228 g/mol. The van der Waals surface area contributed by atoms with Crippen molar-refractivity contribution in [3.63, 3.8) is 0 Å². The molecular formula is C10H13BrN2. The second-order valence-electron chi connectivity index (χ2n) is 3.72. The smallest absolute Gasteiger partial charge is 0.0410 e. The van der Waals surface area contributed by atoms with Crippen LogP contribution >= 0.6 is 15.9 Å². The molecule has 1 aliphatic carbocycles. The van der Waals surface area contributed by atoms with E-state index in [0.717, 1.165) is 22.4 Å². The van der Waals surface area contributed by atoms with Crippen LogP contribution in [0.5, 0.6) is 0 Å². The highest BCUT2D eigenvalue weighted by molar-refractivity contribution is 9.10. The first-order valence-electron chi connectivity index (χ1n) is 4.62. The highest BCUT2D eigenvalue weighted by Gasteiger charge is 2.24. The summed E-state index contributed by atoms with van der Waals surface area (Å²) in [5, 5.41) is 0. The maximum atomic E-state index is 6.04. The van der Waals surface area contributed by atoms with Gasteiger partial charge in [-0.2, -0.15) is 0 Å². The molecule has 0 aromatic carbocycles. The third-order valence-electron chi connectivity index (χ3n) is 2.44. The van der Waals surface area contributed by atoms with E-state index in [4.69, 9.17) is 5.73 Å². The molecule has 1 aromatic heterocycles. The van der Waals surface area contributed by atoms with Crippen molar-refractivity contribution in [2.75, 3.05) is 0 Å². The number of hydrogen-bond donors (Lipinski definition) is 1. The van der Waals surface area contributed by atoms with Crippen LogP contribution in [0.4, 0.5) is 0 Å². The molecule has 0 spiro atoms. The van der Waals surface area contributed by atoms with Gasteiger partial charge in [-0.15, -0.1) is 0 Å². The summed E-state index contributed by atoms with van der Waals surface area (Å²) < 4.78 is 1.01. The largest absolute Gasteiger partial charge is 0.324 e. The molecule has 0 radical (unpaired) electrons. The molecule has 1 heterocycles. The number of nitrogens with zero attached hydrogens (tertiary/aromatic N) is 1. The van der Waals surface area contributed by atoms with E-state index in [0.29, 0.717) is 0 Å². The van der Waals surface area contributed by atoms with Gasteiger partial charge in [0.05, 0.1) is 0 Å². The molecule has 1 atom stereocenters. The standard InChI is InChI=1S/C10H13BrN2/c11-9-4-8(5-13-6-9)10(12)3-7-1-2-7/h4-7,10H,1-3,12H2/t10-/m0/s1. The SMILES string of the molecule is N[C@@H](CC1CC1)c1cncc(Br)c1. The van der Waals surface area contributed by atoms with Crippen molar-refractivity contribution in [3.8, 4) is 0 Å². The van der Waals surface area contributed by atoms with E-state index < -0.39 is 0 Å².